The number of nitrogens with one attached hydrogen (secondary N) is 2. The predicted octanol–water partition coefficient (Wildman–Crippen LogP) is 1.79. The Bertz CT molecular complexity index is 890. The van der Waals surface area contributed by atoms with Crippen molar-refractivity contribution in [3.63, 3.8) is 0 Å². The highest BCUT2D eigenvalue weighted by molar-refractivity contribution is 7.92. The first-order valence-corrected chi connectivity index (χ1v) is 10.0. The quantitative estimate of drug-likeness (QED) is 0.774. The maximum Gasteiger partial charge on any atom is 0.261 e. The summed E-state index contributed by atoms with van der Waals surface area (Å²) < 4.78 is 57.8. The molecule has 0 spiro atoms. The molecule has 0 radical (unpaired) electrons. The minimum atomic E-state index is -3.77. The summed E-state index contributed by atoms with van der Waals surface area (Å²) in [6.45, 7) is 2.33. The van der Waals surface area contributed by atoms with Crippen molar-refractivity contribution in [2.45, 2.75) is 16.7 Å². The topological polar surface area (TPSA) is 102 Å². The van der Waals surface area contributed by atoms with Gasteiger partial charge < -0.3 is 4.74 Å². The number of hydrogen-bond donors (Lipinski definition) is 2. The molecule has 0 saturated heterocycles. The molecule has 2 aromatic rings. The second-order valence-electron chi connectivity index (χ2n) is 4.74. The summed E-state index contributed by atoms with van der Waals surface area (Å²) >= 11 is 0. The van der Waals surface area contributed by atoms with Crippen LogP contribution >= 0.6 is 0 Å². The predicted molar refractivity (Wildman–Crippen MR) is 91.1 cm³/mol. The van der Waals surface area contributed by atoms with Crippen molar-refractivity contribution in [1.29, 1.82) is 0 Å². The average molecular weight is 370 g/mol. The number of hydrogen-bond acceptors (Lipinski definition) is 5. The van der Waals surface area contributed by atoms with E-state index in [4.69, 9.17) is 4.74 Å². The third-order valence-electron chi connectivity index (χ3n) is 3.13. The van der Waals surface area contributed by atoms with E-state index in [0.29, 0.717) is 12.4 Å². The van der Waals surface area contributed by atoms with Gasteiger partial charge in [-0.15, -0.1) is 0 Å². The van der Waals surface area contributed by atoms with Crippen molar-refractivity contribution < 1.29 is 21.6 Å². The summed E-state index contributed by atoms with van der Waals surface area (Å²) in [5, 5.41) is 0. The van der Waals surface area contributed by atoms with E-state index in [-0.39, 0.29) is 15.5 Å². The van der Waals surface area contributed by atoms with E-state index in [0.717, 1.165) is 0 Å². The highest BCUT2D eigenvalue weighted by Crippen LogP contribution is 2.20. The van der Waals surface area contributed by atoms with Gasteiger partial charge in [0.15, 0.2) is 0 Å². The fourth-order valence-corrected chi connectivity index (χ4v) is 3.70. The summed E-state index contributed by atoms with van der Waals surface area (Å²) in [7, 11) is -6.03. The van der Waals surface area contributed by atoms with Crippen LogP contribution in [0.2, 0.25) is 0 Å². The highest BCUT2D eigenvalue weighted by atomic mass is 32.2. The first-order chi connectivity index (χ1) is 11.3. The normalized spacial score (nSPS) is 11.9. The van der Waals surface area contributed by atoms with E-state index in [9.17, 15) is 16.8 Å². The van der Waals surface area contributed by atoms with Gasteiger partial charge in [-0.1, -0.05) is 0 Å². The van der Waals surface area contributed by atoms with Crippen LogP contribution in [0.25, 0.3) is 0 Å². The lowest BCUT2D eigenvalue weighted by Gasteiger charge is -2.10. The molecular weight excluding hydrogens is 352 g/mol. The number of ether oxygens (including phenoxy) is 1. The van der Waals surface area contributed by atoms with Crippen LogP contribution in [0.15, 0.2) is 58.3 Å². The largest absolute Gasteiger partial charge is 0.494 e. The zero-order valence-electron chi connectivity index (χ0n) is 13.2. The van der Waals surface area contributed by atoms with Crippen LogP contribution in [0.4, 0.5) is 5.69 Å². The third kappa shape index (κ3) is 4.25. The SMILES string of the molecule is CCOc1ccc(S(=O)(=O)Nc2ccc(S(=O)(=O)NC)cc2)cc1. The monoisotopic (exact) mass is 370 g/mol. The van der Waals surface area contributed by atoms with Gasteiger partial charge >= 0.3 is 0 Å². The van der Waals surface area contributed by atoms with Gasteiger partial charge in [-0.3, -0.25) is 4.72 Å². The second-order valence-corrected chi connectivity index (χ2v) is 8.31. The molecule has 0 aliphatic heterocycles. The third-order valence-corrected chi connectivity index (χ3v) is 5.96. The average Bonchev–Trinajstić information content (AvgIpc) is 2.56. The lowest BCUT2D eigenvalue weighted by atomic mass is 10.3. The molecule has 0 saturated carbocycles. The van der Waals surface area contributed by atoms with Crippen LogP contribution in [-0.4, -0.2) is 30.5 Å². The second kappa shape index (κ2) is 7.20. The van der Waals surface area contributed by atoms with Gasteiger partial charge in [0.2, 0.25) is 10.0 Å². The van der Waals surface area contributed by atoms with Crippen molar-refractivity contribution in [2.75, 3.05) is 18.4 Å². The molecule has 0 fully saturated rings. The molecule has 0 aliphatic carbocycles. The van der Waals surface area contributed by atoms with Crippen molar-refractivity contribution in [3.05, 3.63) is 48.5 Å². The minimum absolute atomic E-state index is 0.0500. The number of rotatable bonds is 7. The van der Waals surface area contributed by atoms with Gasteiger partial charge in [-0.25, -0.2) is 21.6 Å². The van der Waals surface area contributed by atoms with Crippen LogP contribution in [0.1, 0.15) is 6.92 Å². The first-order valence-electron chi connectivity index (χ1n) is 7.08. The van der Waals surface area contributed by atoms with Crippen molar-refractivity contribution >= 4 is 25.7 Å². The molecule has 2 aromatic carbocycles. The summed E-state index contributed by atoms with van der Waals surface area (Å²) in [6, 6.07) is 11.4. The van der Waals surface area contributed by atoms with E-state index in [2.05, 4.69) is 9.44 Å². The van der Waals surface area contributed by atoms with Gasteiger partial charge in [0.05, 0.1) is 16.4 Å². The van der Waals surface area contributed by atoms with E-state index in [1.165, 1.54) is 43.4 Å². The van der Waals surface area contributed by atoms with Crippen LogP contribution in [0, 0.1) is 0 Å². The van der Waals surface area contributed by atoms with Crippen LogP contribution < -0.4 is 14.2 Å². The number of anilines is 1. The minimum Gasteiger partial charge on any atom is -0.494 e. The Morgan fingerprint density at radius 1 is 0.833 bits per heavy atom. The fourth-order valence-electron chi connectivity index (χ4n) is 1.92. The Morgan fingerprint density at radius 3 is 1.83 bits per heavy atom. The molecule has 0 amide bonds. The van der Waals surface area contributed by atoms with Crippen molar-refractivity contribution in [3.8, 4) is 5.75 Å². The lowest BCUT2D eigenvalue weighted by Crippen LogP contribution is -2.18. The maximum absolute atomic E-state index is 12.3. The van der Waals surface area contributed by atoms with E-state index >= 15 is 0 Å². The molecule has 7 nitrogen and oxygen atoms in total. The summed E-state index contributed by atoms with van der Waals surface area (Å²) in [6.07, 6.45) is 0. The Kier molecular flexibility index (Phi) is 5.47. The number of sulfonamides is 2. The summed E-state index contributed by atoms with van der Waals surface area (Å²) in [4.78, 5) is 0.131. The fraction of sp³-hybridized carbons (Fsp3) is 0.200. The zero-order chi connectivity index (χ0) is 17.8. The molecule has 9 heteroatoms. The molecule has 0 heterocycles. The van der Waals surface area contributed by atoms with Crippen LogP contribution in [0.5, 0.6) is 5.75 Å². The molecule has 130 valence electrons. The van der Waals surface area contributed by atoms with Crippen LogP contribution in [0.3, 0.4) is 0 Å². The first kappa shape index (κ1) is 18.2. The molecule has 0 aromatic heterocycles. The van der Waals surface area contributed by atoms with E-state index in [1.807, 2.05) is 6.92 Å². The van der Waals surface area contributed by atoms with Crippen molar-refractivity contribution in [2.24, 2.45) is 0 Å². The van der Waals surface area contributed by atoms with E-state index < -0.39 is 20.0 Å². The molecule has 0 aliphatic rings. The molecule has 2 N–H and O–H groups in total. The van der Waals surface area contributed by atoms with Crippen LogP contribution in [-0.2, 0) is 20.0 Å². The Hall–Kier alpha value is -2.10. The van der Waals surface area contributed by atoms with Crippen molar-refractivity contribution in [1.82, 2.24) is 4.72 Å². The smallest absolute Gasteiger partial charge is 0.261 e. The van der Waals surface area contributed by atoms with E-state index in [1.54, 1.807) is 12.1 Å². The maximum atomic E-state index is 12.3. The summed E-state index contributed by atoms with van der Waals surface area (Å²) in [5.74, 6) is 0.582. The highest BCUT2D eigenvalue weighted by Gasteiger charge is 2.15. The molecule has 2 rings (SSSR count). The molecule has 0 bridgehead atoms. The Balaban J connectivity index is 2.20. The number of benzene rings is 2. The lowest BCUT2D eigenvalue weighted by molar-refractivity contribution is 0.340. The standard InChI is InChI=1S/C15H18N2O5S2/c1-3-22-13-6-10-15(11-7-13)24(20,21)17-12-4-8-14(9-5-12)23(18,19)16-2/h4-11,16-17H,3H2,1-2H3. The Morgan fingerprint density at radius 2 is 1.33 bits per heavy atom. The zero-order valence-corrected chi connectivity index (χ0v) is 14.8. The molecule has 24 heavy (non-hydrogen) atoms. The molecular formula is C15H18N2O5S2. The molecule has 0 unspecified atom stereocenters. The van der Waals surface area contributed by atoms with Gasteiger partial charge in [0, 0.05) is 5.69 Å². The van der Waals surface area contributed by atoms with Gasteiger partial charge in [-0.2, -0.15) is 0 Å². The summed E-state index contributed by atoms with van der Waals surface area (Å²) in [5.41, 5.74) is 0.263. The van der Waals surface area contributed by atoms with Gasteiger partial charge in [0.1, 0.15) is 5.75 Å². The Labute approximate surface area is 141 Å². The van der Waals surface area contributed by atoms with Gasteiger partial charge in [0.25, 0.3) is 10.0 Å². The van der Waals surface area contributed by atoms with Gasteiger partial charge in [-0.05, 0) is 62.5 Å². The molecule has 0 atom stereocenters.